The molecule has 8 nitrogen and oxygen atoms in total. The Morgan fingerprint density at radius 3 is 2.52 bits per heavy atom. The summed E-state index contributed by atoms with van der Waals surface area (Å²) < 4.78 is 10.1. The van der Waals surface area contributed by atoms with Crippen LogP contribution in [0.2, 0.25) is 0 Å². The van der Waals surface area contributed by atoms with Gasteiger partial charge in [0.05, 0.1) is 25.5 Å². The average molecular weight is 393 g/mol. The fourth-order valence-corrected chi connectivity index (χ4v) is 2.60. The number of hydrogen-bond donors (Lipinski definition) is 2. The SMILES string of the molecule is CCOC(=O)c1ccc(Nc2nncc(NCCc3ccc(OC)cc3)n2)cc1. The molecule has 2 N–H and O–H groups in total. The number of esters is 1. The van der Waals surface area contributed by atoms with E-state index in [0.717, 1.165) is 17.9 Å². The summed E-state index contributed by atoms with van der Waals surface area (Å²) in [7, 11) is 1.65. The third-order valence-electron chi connectivity index (χ3n) is 4.09. The first-order valence-electron chi connectivity index (χ1n) is 9.28. The number of nitrogens with one attached hydrogen (secondary N) is 2. The summed E-state index contributed by atoms with van der Waals surface area (Å²) in [6.07, 6.45) is 2.41. The molecule has 0 amide bonds. The number of anilines is 3. The Hall–Kier alpha value is -3.68. The van der Waals surface area contributed by atoms with Gasteiger partial charge in [0.15, 0.2) is 5.82 Å². The van der Waals surface area contributed by atoms with Crippen molar-refractivity contribution < 1.29 is 14.3 Å². The van der Waals surface area contributed by atoms with Crippen LogP contribution >= 0.6 is 0 Å². The van der Waals surface area contributed by atoms with Gasteiger partial charge in [-0.3, -0.25) is 0 Å². The van der Waals surface area contributed by atoms with Crippen molar-refractivity contribution in [2.75, 3.05) is 30.9 Å². The molecule has 29 heavy (non-hydrogen) atoms. The molecular weight excluding hydrogens is 370 g/mol. The minimum atomic E-state index is -0.347. The fourth-order valence-electron chi connectivity index (χ4n) is 2.60. The van der Waals surface area contributed by atoms with Crippen molar-refractivity contribution in [3.8, 4) is 5.75 Å². The van der Waals surface area contributed by atoms with E-state index in [0.29, 0.717) is 30.5 Å². The van der Waals surface area contributed by atoms with Gasteiger partial charge in [-0.25, -0.2) is 4.79 Å². The third kappa shape index (κ3) is 5.90. The van der Waals surface area contributed by atoms with Gasteiger partial charge in [0.2, 0.25) is 5.95 Å². The molecule has 3 aromatic rings. The van der Waals surface area contributed by atoms with E-state index in [1.54, 1.807) is 44.5 Å². The van der Waals surface area contributed by atoms with Gasteiger partial charge in [0, 0.05) is 12.2 Å². The second kappa shape index (κ2) is 10.0. The van der Waals surface area contributed by atoms with Crippen molar-refractivity contribution >= 4 is 23.4 Å². The number of ether oxygens (including phenoxy) is 2. The highest BCUT2D eigenvalue weighted by Gasteiger charge is 2.07. The normalized spacial score (nSPS) is 10.3. The fraction of sp³-hybridized carbons (Fsp3) is 0.238. The van der Waals surface area contributed by atoms with Crippen LogP contribution < -0.4 is 15.4 Å². The molecule has 3 rings (SSSR count). The number of carbonyl (C=O) groups excluding carboxylic acids is 1. The maximum Gasteiger partial charge on any atom is 0.338 e. The number of hydrogen-bond acceptors (Lipinski definition) is 8. The summed E-state index contributed by atoms with van der Waals surface area (Å²) in [6, 6.07) is 14.8. The van der Waals surface area contributed by atoms with E-state index >= 15 is 0 Å². The molecule has 8 heteroatoms. The Bertz CT molecular complexity index is 930. The number of nitrogens with zero attached hydrogens (tertiary/aromatic N) is 3. The average Bonchev–Trinajstić information content (AvgIpc) is 2.75. The minimum Gasteiger partial charge on any atom is -0.497 e. The quantitative estimate of drug-likeness (QED) is 0.534. The molecule has 0 saturated heterocycles. The molecule has 0 aliphatic rings. The molecule has 1 heterocycles. The van der Waals surface area contributed by atoms with Crippen LogP contribution in [0.4, 0.5) is 17.5 Å². The molecular formula is C21H23N5O3. The molecule has 0 bridgehead atoms. The number of methoxy groups -OCH3 is 1. The van der Waals surface area contributed by atoms with Crippen LogP contribution in [-0.2, 0) is 11.2 Å². The van der Waals surface area contributed by atoms with Gasteiger partial charge in [-0.05, 0) is 55.3 Å². The highest BCUT2D eigenvalue weighted by atomic mass is 16.5. The maximum absolute atomic E-state index is 11.7. The standard InChI is InChI=1S/C21H23N5O3/c1-3-29-20(27)16-6-8-17(9-7-16)24-21-25-19(14-23-26-21)22-13-12-15-4-10-18(28-2)11-5-15/h4-11,14H,3,12-13H2,1-2H3,(H2,22,24,25,26). The summed E-state index contributed by atoms with van der Waals surface area (Å²) in [5, 5.41) is 14.3. The minimum absolute atomic E-state index is 0.344. The molecule has 0 spiro atoms. The van der Waals surface area contributed by atoms with Gasteiger partial charge >= 0.3 is 5.97 Å². The molecule has 1 aromatic heterocycles. The van der Waals surface area contributed by atoms with Crippen LogP contribution in [0.3, 0.4) is 0 Å². The first-order chi connectivity index (χ1) is 14.2. The molecule has 0 fully saturated rings. The third-order valence-corrected chi connectivity index (χ3v) is 4.09. The highest BCUT2D eigenvalue weighted by Crippen LogP contribution is 2.16. The van der Waals surface area contributed by atoms with Gasteiger partial charge in [0.1, 0.15) is 5.75 Å². The van der Waals surface area contributed by atoms with E-state index in [1.807, 2.05) is 24.3 Å². The lowest BCUT2D eigenvalue weighted by molar-refractivity contribution is 0.0526. The summed E-state index contributed by atoms with van der Waals surface area (Å²) >= 11 is 0. The predicted molar refractivity (Wildman–Crippen MR) is 111 cm³/mol. The number of rotatable bonds is 9. The Balaban J connectivity index is 1.54. The highest BCUT2D eigenvalue weighted by molar-refractivity contribution is 5.89. The van der Waals surface area contributed by atoms with Crippen LogP contribution in [0, 0.1) is 0 Å². The van der Waals surface area contributed by atoms with Gasteiger partial charge in [-0.1, -0.05) is 12.1 Å². The molecule has 0 atom stereocenters. The summed E-state index contributed by atoms with van der Waals surface area (Å²) in [5.74, 6) is 1.48. The summed E-state index contributed by atoms with van der Waals surface area (Å²) in [4.78, 5) is 16.1. The van der Waals surface area contributed by atoms with Crippen molar-refractivity contribution in [2.45, 2.75) is 13.3 Å². The predicted octanol–water partition coefficient (Wildman–Crippen LogP) is 3.46. The van der Waals surface area contributed by atoms with Crippen molar-refractivity contribution in [3.63, 3.8) is 0 Å². The second-order valence-electron chi connectivity index (χ2n) is 6.11. The zero-order valence-corrected chi connectivity index (χ0v) is 16.4. The van der Waals surface area contributed by atoms with E-state index in [2.05, 4.69) is 25.8 Å². The van der Waals surface area contributed by atoms with Gasteiger partial charge in [-0.15, -0.1) is 5.10 Å². The lowest BCUT2D eigenvalue weighted by Gasteiger charge is -2.08. The van der Waals surface area contributed by atoms with Crippen LogP contribution in [-0.4, -0.2) is 41.4 Å². The van der Waals surface area contributed by atoms with E-state index < -0.39 is 0 Å². The zero-order valence-electron chi connectivity index (χ0n) is 16.4. The first kappa shape index (κ1) is 20.1. The van der Waals surface area contributed by atoms with Crippen molar-refractivity contribution in [1.29, 1.82) is 0 Å². The smallest absolute Gasteiger partial charge is 0.338 e. The Labute approximate surface area is 169 Å². The molecule has 0 unspecified atom stereocenters. The largest absolute Gasteiger partial charge is 0.497 e. The summed E-state index contributed by atoms with van der Waals surface area (Å²) in [5.41, 5.74) is 2.43. The molecule has 0 aliphatic heterocycles. The van der Waals surface area contributed by atoms with Crippen LogP contribution in [0.5, 0.6) is 5.75 Å². The van der Waals surface area contributed by atoms with E-state index in [-0.39, 0.29) is 5.97 Å². The Kier molecular flexibility index (Phi) is 6.94. The van der Waals surface area contributed by atoms with Crippen molar-refractivity contribution in [3.05, 3.63) is 65.9 Å². The lowest BCUT2D eigenvalue weighted by Crippen LogP contribution is -2.09. The second-order valence-corrected chi connectivity index (χ2v) is 6.11. The van der Waals surface area contributed by atoms with Crippen LogP contribution in [0.15, 0.2) is 54.7 Å². The molecule has 0 saturated carbocycles. The number of aromatic nitrogens is 3. The topological polar surface area (TPSA) is 98.3 Å². The van der Waals surface area contributed by atoms with Crippen LogP contribution in [0.25, 0.3) is 0 Å². The zero-order chi connectivity index (χ0) is 20.5. The van der Waals surface area contributed by atoms with Crippen molar-refractivity contribution in [2.24, 2.45) is 0 Å². The number of benzene rings is 2. The molecule has 2 aromatic carbocycles. The van der Waals surface area contributed by atoms with Crippen molar-refractivity contribution in [1.82, 2.24) is 15.2 Å². The van der Waals surface area contributed by atoms with E-state index in [1.165, 1.54) is 5.56 Å². The maximum atomic E-state index is 11.7. The lowest BCUT2D eigenvalue weighted by atomic mass is 10.1. The van der Waals surface area contributed by atoms with Gasteiger partial charge in [0.25, 0.3) is 0 Å². The first-order valence-corrected chi connectivity index (χ1v) is 9.28. The van der Waals surface area contributed by atoms with Crippen LogP contribution in [0.1, 0.15) is 22.8 Å². The van der Waals surface area contributed by atoms with Gasteiger partial charge < -0.3 is 20.1 Å². The number of carbonyl (C=O) groups is 1. The monoisotopic (exact) mass is 393 g/mol. The Morgan fingerprint density at radius 2 is 1.83 bits per heavy atom. The van der Waals surface area contributed by atoms with E-state index in [9.17, 15) is 4.79 Å². The molecule has 150 valence electrons. The van der Waals surface area contributed by atoms with E-state index in [4.69, 9.17) is 9.47 Å². The molecule has 0 radical (unpaired) electrons. The Morgan fingerprint density at radius 1 is 1.07 bits per heavy atom. The molecule has 0 aliphatic carbocycles. The van der Waals surface area contributed by atoms with Gasteiger partial charge in [-0.2, -0.15) is 10.1 Å². The summed E-state index contributed by atoms with van der Waals surface area (Å²) in [6.45, 7) is 2.82.